The van der Waals surface area contributed by atoms with Crippen LogP contribution in [-0.4, -0.2) is 30.6 Å². The van der Waals surface area contributed by atoms with E-state index < -0.39 is 0 Å². The fraction of sp³-hybridized carbons (Fsp3) is 0.778. The van der Waals surface area contributed by atoms with Gasteiger partial charge in [0.25, 0.3) is 0 Å². The van der Waals surface area contributed by atoms with Gasteiger partial charge in [-0.3, -0.25) is 0 Å². The van der Waals surface area contributed by atoms with Crippen molar-refractivity contribution in [2.24, 2.45) is 5.73 Å². The van der Waals surface area contributed by atoms with Crippen LogP contribution >= 0.6 is 0 Å². The summed E-state index contributed by atoms with van der Waals surface area (Å²) in [6.07, 6.45) is 2.14. The van der Waals surface area contributed by atoms with Crippen molar-refractivity contribution < 1.29 is 0 Å². The number of rotatable bonds is 2. The van der Waals surface area contributed by atoms with Gasteiger partial charge in [0.05, 0.1) is 0 Å². The lowest BCUT2D eigenvalue weighted by atomic mass is 10.3. The van der Waals surface area contributed by atoms with Crippen molar-refractivity contribution in [3.8, 4) is 11.8 Å². The Morgan fingerprint density at radius 1 is 1.64 bits per heavy atom. The lowest BCUT2D eigenvalue weighted by Crippen LogP contribution is -2.27. The van der Waals surface area contributed by atoms with Crippen LogP contribution in [-0.2, 0) is 0 Å². The van der Waals surface area contributed by atoms with E-state index in [9.17, 15) is 0 Å². The summed E-state index contributed by atoms with van der Waals surface area (Å²) in [6.45, 7) is 5.20. The van der Waals surface area contributed by atoms with Crippen LogP contribution in [0, 0.1) is 11.8 Å². The molecule has 62 valence electrons. The van der Waals surface area contributed by atoms with Gasteiger partial charge in [-0.25, -0.2) is 0 Å². The van der Waals surface area contributed by atoms with E-state index in [1.54, 1.807) is 0 Å². The molecule has 2 N–H and O–H groups in total. The summed E-state index contributed by atoms with van der Waals surface area (Å²) in [5, 5.41) is 0. The normalized spacial score (nSPS) is 24.7. The van der Waals surface area contributed by atoms with Gasteiger partial charge in [0.15, 0.2) is 0 Å². The third kappa shape index (κ3) is 2.92. The molecule has 0 aromatic carbocycles. The van der Waals surface area contributed by atoms with Crippen LogP contribution in [0.15, 0.2) is 0 Å². The fourth-order valence-electron chi connectivity index (χ4n) is 1.40. The Kier molecular flexibility index (Phi) is 3.41. The predicted octanol–water partition coefficient (Wildman–Crippen LogP) is 0.433. The molecule has 1 fully saturated rings. The zero-order valence-electron chi connectivity index (χ0n) is 7.14. The first kappa shape index (κ1) is 8.58. The molecule has 0 spiro atoms. The molecule has 0 saturated carbocycles. The molecule has 0 amide bonds. The van der Waals surface area contributed by atoms with Gasteiger partial charge in [0.2, 0.25) is 0 Å². The largest absolute Gasteiger partial charge is 0.326 e. The van der Waals surface area contributed by atoms with Crippen LogP contribution in [0.5, 0.6) is 0 Å². The van der Waals surface area contributed by atoms with E-state index >= 15 is 0 Å². The van der Waals surface area contributed by atoms with Crippen molar-refractivity contribution >= 4 is 0 Å². The van der Waals surface area contributed by atoms with Gasteiger partial charge in [-0.2, -0.15) is 0 Å². The zero-order chi connectivity index (χ0) is 8.10. The Balaban J connectivity index is 2.11. The summed E-state index contributed by atoms with van der Waals surface area (Å²) in [4.78, 5) is 2.38. The van der Waals surface area contributed by atoms with Gasteiger partial charge < -0.3 is 10.6 Å². The van der Waals surface area contributed by atoms with E-state index in [1.807, 2.05) is 6.92 Å². The average Bonchev–Trinajstić information content (AvgIpc) is 2.37. The molecule has 0 aliphatic carbocycles. The maximum Gasteiger partial charge on any atom is 0.0216 e. The van der Waals surface area contributed by atoms with Crippen LogP contribution in [0.1, 0.15) is 19.8 Å². The molecule has 0 aromatic heterocycles. The van der Waals surface area contributed by atoms with Gasteiger partial charge in [-0.1, -0.05) is 0 Å². The summed E-state index contributed by atoms with van der Waals surface area (Å²) in [5.41, 5.74) is 5.75. The van der Waals surface area contributed by atoms with E-state index in [1.165, 1.54) is 0 Å². The molecule has 0 bridgehead atoms. The van der Waals surface area contributed by atoms with E-state index in [-0.39, 0.29) is 0 Å². The van der Waals surface area contributed by atoms with Gasteiger partial charge in [-0.15, -0.1) is 11.8 Å². The molecular formula is C9H16N2. The van der Waals surface area contributed by atoms with Crippen molar-refractivity contribution in [1.82, 2.24) is 4.90 Å². The number of likely N-dealkylation sites (tertiary alicyclic amines) is 1. The minimum Gasteiger partial charge on any atom is -0.326 e. The van der Waals surface area contributed by atoms with Crippen molar-refractivity contribution in [3.63, 3.8) is 0 Å². The van der Waals surface area contributed by atoms with Crippen molar-refractivity contribution in [1.29, 1.82) is 0 Å². The smallest absolute Gasteiger partial charge is 0.0216 e. The van der Waals surface area contributed by atoms with Crippen molar-refractivity contribution in [2.75, 3.05) is 19.6 Å². The maximum atomic E-state index is 5.75. The highest BCUT2D eigenvalue weighted by atomic mass is 15.2. The Bertz CT molecular complexity index is 166. The molecule has 1 aliphatic rings. The summed E-state index contributed by atoms with van der Waals surface area (Å²) in [7, 11) is 0. The molecule has 1 saturated heterocycles. The van der Waals surface area contributed by atoms with Crippen LogP contribution in [0.3, 0.4) is 0 Å². The minimum absolute atomic E-state index is 0.407. The lowest BCUT2D eigenvalue weighted by Gasteiger charge is -2.11. The second-order valence-corrected chi connectivity index (χ2v) is 3.03. The molecule has 0 aromatic rings. The molecule has 1 aliphatic heterocycles. The molecule has 1 rings (SSSR count). The van der Waals surface area contributed by atoms with Crippen molar-refractivity contribution in [3.05, 3.63) is 0 Å². The second-order valence-electron chi connectivity index (χ2n) is 3.03. The third-order valence-corrected chi connectivity index (χ3v) is 2.04. The van der Waals surface area contributed by atoms with Gasteiger partial charge in [0, 0.05) is 25.6 Å². The van der Waals surface area contributed by atoms with E-state index in [0.29, 0.717) is 6.04 Å². The van der Waals surface area contributed by atoms with Crippen molar-refractivity contribution in [2.45, 2.75) is 25.8 Å². The summed E-state index contributed by atoms with van der Waals surface area (Å²) in [6, 6.07) is 0.407. The van der Waals surface area contributed by atoms with Gasteiger partial charge in [0.1, 0.15) is 0 Å². The Hall–Kier alpha value is -0.520. The quantitative estimate of drug-likeness (QED) is 0.581. The molecule has 1 atom stereocenters. The first-order valence-electron chi connectivity index (χ1n) is 4.20. The standard InChI is InChI=1S/C9H16N2/c1-2-3-4-6-11-7-5-9(10)8-11/h9H,4-8,10H2,1H3/t9-/m1/s1. The van der Waals surface area contributed by atoms with Gasteiger partial charge >= 0.3 is 0 Å². The van der Waals surface area contributed by atoms with Crippen LogP contribution < -0.4 is 5.73 Å². The topological polar surface area (TPSA) is 29.3 Å². The van der Waals surface area contributed by atoms with Crippen LogP contribution in [0.4, 0.5) is 0 Å². The monoisotopic (exact) mass is 152 g/mol. The second kappa shape index (κ2) is 4.38. The minimum atomic E-state index is 0.407. The number of nitrogens with zero attached hydrogens (tertiary/aromatic N) is 1. The number of nitrogens with two attached hydrogens (primary N) is 1. The van der Waals surface area contributed by atoms with E-state index in [2.05, 4.69) is 16.7 Å². The lowest BCUT2D eigenvalue weighted by molar-refractivity contribution is 0.343. The maximum absolute atomic E-state index is 5.75. The predicted molar refractivity (Wildman–Crippen MR) is 47.1 cm³/mol. The molecule has 0 unspecified atom stereocenters. The summed E-state index contributed by atoms with van der Waals surface area (Å²) in [5.74, 6) is 5.95. The first-order chi connectivity index (χ1) is 5.33. The molecule has 11 heavy (non-hydrogen) atoms. The molecule has 0 radical (unpaired) electrons. The summed E-state index contributed by atoms with van der Waals surface area (Å²) >= 11 is 0. The van der Waals surface area contributed by atoms with E-state index in [0.717, 1.165) is 32.5 Å². The van der Waals surface area contributed by atoms with E-state index in [4.69, 9.17) is 5.73 Å². The molecule has 2 heteroatoms. The molecular weight excluding hydrogens is 136 g/mol. The summed E-state index contributed by atoms with van der Waals surface area (Å²) < 4.78 is 0. The fourth-order valence-corrected chi connectivity index (χ4v) is 1.40. The van der Waals surface area contributed by atoms with Gasteiger partial charge in [-0.05, 0) is 19.9 Å². The van der Waals surface area contributed by atoms with Crippen LogP contribution in [0.25, 0.3) is 0 Å². The highest BCUT2D eigenvalue weighted by Crippen LogP contribution is 2.06. The Morgan fingerprint density at radius 3 is 3.00 bits per heavy atom. The Morgan fingerprint density at radius 2 is 2.45 bits per heavy atom. The highest BCUT2D eigenvalue weighted by Gasteiger charge is 2.17. The Labute approximate surface area is 68.8 Å². The average molecular weight is 152 g/mol. The third-order valence-electron chi connectivity index (χ3n) is 2.04. The SMILES string of the molecule is CC#CCCN1CC[C@@H](N)C1. The van der Waals surface area contributed by atoms with Crippen LogP contribution in [0.2, 0.25) is 0 Å². The zero-order valence-corrected chi connectivity index (χ0v) is 7.14. The molecule has 1 heterocycles. The number of hydrogen-bond acceptors (Lipinski definition) is 2. The number of hydrogen-bond donors (Lipinski definition) is 1. The molecule has 2 nitrogen and oxygen atoms in total. The first-order valence-corrected chi connectivity index (χ1v) is 4.20. The highest BCUT2D eigenvalue weighted by molar-refractivity contribution is 4.95.